The molecule has 20 heavy (non-hydrogen) atoms. The predicted molar refractivity (Wildman–Crippen MR) is 80.7 cm³/mol. The summed E-state index contributed by atoms with van der Waals surface area (Å²) >= 11 is 12.1. The van der Waals surface area contributed by atoms with Gasteiger partial charge in [0.15, 0.2) is 5.82 Å². The monoisotopic (exact) mass is 307 g/mol. The number of nitrogens with one attached hydrogen (secondary N) is 2. The Morgan fingerprint density at radius 1 is 1.30 bits per heavy atom. The fraction of sp³-hybridized carbons (Fsp3) is 0.154. The van der Waals surface area contributed by atoms with Crippen molar-refractivity contribution in [3.63, 3.8) is 0 Å². The second-order valence-corrected chi connectivity index (χ2v) is 4.67. The molecule has 0 aliphatic rings. The van der Waals surface area contributed by atoms with Crippen molar-refractivity contribution in [2.45, 2.75) is 6.92 Å². The zero-order valence-corrected chi connectivity index (χ0v) is 12.1. The Bertz CT molecular complexity index is 666. The van der Waals surface area contributed by atoms with E-state index in [-0.39, 0.29) is 0 Å². The maximum absolute atomic E-state index is 8.91. The minimum Gasteiger partial charge on any atom is -0.354 e. The molecule has 0 aliphatic heterocycles. The lowest BCUT2D eigenvalue weighted by molar-refractivity contribution is 1.09. The Kier molecular flexibility index (Phi) is 4.61. The molecule has 102 valence electrons. The molecule has 0 unspecified atom stereocenters. The fourth-order valence-corrected chi connectivity index (χ4v) is 1.82. The molecule has 1 heterocycles. The molecule has 2 aromatic rings. The summed E-state index contributed by atoms with van der Waals surface area (Å²) < 4.78 is 0. The third-order valence-corrected chi connectivity index (χ3v) is 3.03. The van der Waals surface area contributed by atoms with Gasteiger partial charge < -0.3 is 10.6 Å². The minimum atomic E-state index is 0.366. The Labute approximate surface area is 126 Å². The van der Waals surface area contributed by atoms with Crippen molar-refractivity contribution in [1.29, 1.82) is 5.26 Å². The van der Waals surface area contributed by atoms with Crippen LogP contribution in [-0.4, -0.2) is 16.5 Å². The van der Waals surface area contributed by atoms with Crippen LogP contribution in [0.2, 0.25) is 10.0 Å². The van der Waals surface area contributed by atoms with Gasteiger partial charge in [-0.15, -0.1) is 0 Å². The normalized spacial score (nSPS) is 9.90. The molecule has 0 aliphatic carbocycles. The van der Waals surface area contributed by atoms with Crippen molar-refractivity contribution < 1.29 is 0 Å². The van der Waals surface area contributed by atoms with Crippen LogP contribution in [0.15, 0.2) is 24.4 Å². The number of anilines is 3. The van der Waals surface area contributed by atoms with E-state index >= 15 is 0 Å². The van der Waals surface area contributed by atoms with E-state index in [1.54, 1.807) is 18.2 Å². The summed E-state index contributed by atoms with van der Waals surface area (Å²) in [6.45, 7) is 2.64. The molecule has 0 bridgehead atoms. The largest absolute Gasteiger partial charge is 0.354 e. The van der Waals surface area contributed by atoms with Crippen molar-refractivity contribution in [2.75, 3.05) is 17.2 Å². The second-order valence-electron chi connectivity index (χ2n) is 3.85. The number of halogens is 2. The first-order valence-electron chi connectivity index (χ1n) is 5.87. The minimum absolute atomic E-state index is 0.366. The van der Waals surface area contributed by atoms with Crippen LogP contribution in [0.1, 0.15) is 12.5 Å². The van der Waals surface area contributed by atoms with Gasteiger partial charge in [-0.05, 0) is 25.1 Å². The van der Waals surface area contributed by atoms with E-state index in [4.69, 9.17) is 28.5 Å². The summed E-state index contributed by atoms with van der Waals surface area (Å²) in [5.41, 5.74) is 1.06. The molecule has 7 heteroatoms. The maximum atomic E-state index is 8.91. The summed E-state index contributed by atoms with van der Waals surface area (Å²) in [6.07, 6.45) is 1.50. The van der Waals surface area contributed by atoms with Crippen LogP contribution in [0.5, 0.6) is 0 Å². The van der Waals surface area contributed by atoms with Gasteiger partial charge in [-0.2, -0.15) is 10.2 Å². The molecule has 5 nitrogen and oxygen atoms in total. The zero-order valence-electron chi connectivity index (χ0n) is 10.6. The van der Waals surface area contributed by atoms with Gasteiger partial charge in [0.1, 0.15) is 5.02 Å². The molecule has 0 atom stereocenters. The van der Waals surface area contributed by atoms with Gasteiger partial charge in [0.25, 0.3) is 0 Å². The average Bonchev–Trinajstić information content (AvgIpc) is 2.45. The van der Waals surface area contributed by atoms with Gasteiger partial charge in [-0.1, -0.05) is 23.2 Å². The van der Waals surface area contributed by atoms with Crippen molar-refractivity contribution >= 4 is 40.7 Å². The highest BCUT2D eigenvalue weighted by Gasteiger charge is 2.08. The smallest absolute Gasteiger partial charge is 0.224 e. The highest BCUT2D eigenvalue weighted by Crippen LogP contribution is 2.29. The quantitative estimate of drug-likeness (QED) is 0.898. The van der Waals surface area contributed by atoms with E-state index in [0.717, 1.165) is 0 Å². The third kappa shape index (κ3) is 3.29. The van der Waals surface area contributed by atoms with Crippen LogP contribution in [0.3, 0.4) is 0 Å². The van der Waals surface area contributed by atoms with Crippen molar-refractivity contribution in [3.8, 4) is 6.07 Å². The predicted octanol–water partition coefficient (Wildman–Crippen LogP) is 3.83. The zero-order chi connectivity index (χ0) is 14.5. The Hall–Kier alpha value is -2.03. The summed E-state index contributed by atoms with van der Waals surface area (Å²) in [7, 11) is 0. The van der Waals surface area contributed by atoms with Crippen LogP contribution in [0, 0.1) is 11.3 Å². The molecule has 2 rings (SSSR count). The molecule has 0 fully saturated rings. The molecule has 1 aromatic heterocycles. The first kappa shape index (κ1) is 14.4. The number of benzene rings is 1. The second kappa shape index (κ2) is 6.42. The van der Waals surface area contributed by atoms with Crippen molar-refractivity contribution in [3.05, 3.63) is 40.0 Å². The highest BCUT2D eigenvalue weighted by molar-refractivity contribution is 6.34. The van der Waals surface area contributed by atoms with E-state index in [2.05, 4.69) is 20.6 Å². The number of hydrogen-bond acceptors (Lipinski definition) is 5. The molecule has 0 amide bonds. The lowest BCUT2D eigenvalue weighted by Gasteiger charge is -2.10. The lowest BCUT2D eigenvalue weighted by atomic mass is 10.2. The van der Waals surface area contributed by atoms with Crippen LogP contribution >= 0.6 is 23.2 Å². The number of hydrogen-bond donors (Lipinski definition) is 2. The number of nitrogens with zero attached hydrogens (tertiary/aromatic N) is 3. The number of rotatable bonds is 4. The molecule has 0 saturated heterocycles. The molecular weight excluding hydrogens is 297 g/mol. The summed E-state index contributed by atoms with van der Waals surface area (Å²) in [4.78, 5) is 8.29. The van der Waals surface area contributed by atoms with Gasteiger partial charge in [0, 0.05) is 6.54 Å². The van der Waals surface area contributed by atoms with Gasteiger partial charge in [-0.25, -0.2) is 4.98 Å². The molecular formula is C13H11Cl2N5. The fourth-order valence-electron chi connectivity index (χ4n) is 1.52. The molecule has 0 spiro atoms. The van der Waals surface area contributed by atoms with E-state index in [9.17, 15) is 0 Å². The Balaban J connectivity index is 2.34. The van der Waals surface area contributed by atoms with E-state index in [1.165, 1.54) is 6.20 Å². The van der Waals surface area contributed by atoms with E-state index < -0.39 is 0 Å². The van der Waals surface area contributed by atoms with Crippen LogP contribution in [0.25, 0.3) is 0 Å². The summed E-state index contributed by atoms with van der Waals surface area (Å²) in [5, 5.41) is 15.7. The first-order valence-corrected chi connectivity index (χ1v) is 6.62. The van der Waals surface area contributed by atoms with Crippen LogP contribution in [0.4, 0.5) is 17.5 Å². The summed E-state index contributed by atoms with van der Waals surface area (Å²) in [5.74, 6) is 0.890. The van der Waals surface area contributed by atoms with Gasteiger partial charge >= 0.3 is 0 Å². The molecule has 0 saturated carbocycles. The van der Waals surface area contributed by atoms with Crippen molar-refractivity contribution in [2.24, 2.45) is 0 Å². The van der Waals surface area contributed by atoms with Gasteiger partial charge in [0.2, 0.25) is 5.95 Å². The standard InChI is InChI=1S/C13H11Cl2N5/c1-2-17-13-18-7-10(15)12(20-13)19-11-5-8(6-16)3-4-9(11)14/h3-5,7H,2H2,1H3,(H2,17,18,19,20). The topological polar surface area (TPSA) is 73.6 Å². The van der Waals surface area contributed by atoms with Gasteiger partial charge in [-0.3, -0.25) is 0 Å². The molecule has 0 radical (unpaired) electrons. The highest BCUT2D eigenvalue weighted by atomic mass is 35.5. The number of aromatic nitrogens is 2. The third-order valence-electron chi connectivity index (χ3n) is 2.43. The van der Waals surface area contributed by atoms with Crippen LogP contribution < -0.4 is 10.6 Å². The van der Waals surface area contributed by atoms with Gasteiger partial charge in [0.05, 0.1) is 28.5 Å². The molecule has 1 aromatic carbocycles. The van der Waals surface area contributed by atoms with Crippen LogP contribution in [-0.2, 0) is 0 Å². The summed E-state index contributed by atoms with van der Waals surface area (Å²) in [6, 6.07) is 6.96. The first-order chi connectivity index (χ1) is 9.63. The Morgan fingerprint density at radius 3 is 2.80 bits per heavy atom. The average molecular weight is 308 g/mol. The van der Waals surface area contributed by atoms with E-state index in [0.29, 0.717) is 39.6 Å². The Morgan fingerprint density at radius 2 is 2.10 bits per heavy atom. The number of nitriles is 1. The van der Waals surface area contributed by atoms with E-state index in [1.807, 2.05) is 13.0 Å². The lowest BCUT2D eigenvalue weighted by Crippen LogP contribution is -2.04. The SMILES string of the molecule is CCNc1ncc(Cl)c(Nc2cc(C#N)ccc2Cl)n1. The maximum Gasteiger partial charge on any atom is 0.224 e. The van der Waals surface area contributed by atoms with Crippen molar-refractivity contribution in [1.82, 2.24) is 9.97 Å². The molecule has 2 N–H and O–H groups in total.